The Bertz CT molecular complexity index is 3900. The highest BCUT2D eigenvalue weighted by Gasteiger charge is 2.32. The molecule has 3 aliphatic rings. The Balaban J connectivity index is 0.000000136. The van der Waals surface area contributed by atoms with Crippen LogP contribution >= 0.6 is 49.9 Å². The van der Waals surface area contributed by atoms with Gasteiger partial charge in [-0.15, -0.1) is 34.0 Å². The summed E-state index contributed by atoms with van der Waals surface area (Å²) in [5.41, 5.74) is 13.0. The van der Waals surface area contributed by atoms with Gasteiger partial charge in [0, 0.05) is 71.1 Å². The van der Waals surface area contributed by atoms with E-state index in [9.17, 15) is 29.7 Å². The number of carbonyl (C=O) groups excluding carboxylic acids is 3. The molecule has 0 saturated carbocycles. The van der Waals surface area contributed by atoms with Gasteiger partial charge < -0.3 is 52.0 Å². The molecular weight excluding hydrogens is 1150 g/mol. The number of hydrogen-bond acceptors (Lipinski definition) is 13. The van der Waals surface area contributed by atoms with Crippen molar-refractivity contribution in [1.82, 2.24) is 46.9 Å². The van der Waals surface area contributed by atoms with Gasteiger partial charge in [-0.2, -0.15) is 0 Å². The van der Waals surface area contributed by atoms with Crippen LogP contribution in [-0.2, 0) is 0 Å². The highest BCUT2D eigenvalue weighted by molar-refractivity contribution is 9.10. The number of phenols is 3. The Morgan fingerprint density at radius 2 is 0.815 bits per heavy atom. The Labute approximate surface area is 486 Å². The molecule has 12 rings (SSSR count). The molecule has 6 heterocycles. The molecule has 9 N–H and O–H groups in total. The number of carbonyl (C=O) groups is 3. The van der Waals surface area contributed by atoms with E-state index in [0.29, 0.717) is 5.70 Å². The Morgan fingerprint density at radius 3 is 1.22 bits per heavy atom. The van der Waals surface area contributed by atoms with Gasteiger partial charge in [-0.1, -0.05) is 94.8 Å². The molecule has 16 nitrogen and oxygen atoms in total. The van der Waals surface area contributed by atoms with Gasteiger partial charge in [0.25, 0.3) is 0 Å². The van der Waals surface area contributed by atoms with Crippen molar-refractivity contribution >= 4 is 84.8 Å². The topological polar surface area (TPSA) is 232 Å². The number of nitrogens with zero attached hydrogens (tertiary/aromatic N) is 3. The van der Waals surface area contributed by atoms with Crippen LogP contribution in [0.25, 0.3) is 50.5 Å². The molecule has 0 saturated heterocycles. The zero-order valence-corrected chi connectivity index (χ0v) is 47.9. The smallest absolute Gasteiger partial charge is 0.319 e. The van der Waals surface area contributed by atoms with Crippen molar-refractivity contribution in [3.8, 4) is 56.8 Å². The fourth-order valence-corrected chi connectivity index (χ4v) is 12.5. The number of thiazole rings is 3. The average molecular weight is 1200 g/mol. The van der Waals surface area contributed by atoms with E-state index < -0.39 is 6.04 Å². The maximum Gasteiger partial charge on any atom is 0.319 e. The summed E-state index contributed by atoms with van der Waals surface area (Å²) in [6.07, 6.45) is 0. The van der Waals surface area contributed by atoms with Crippen molar-refractivity contribution in [3.05, 3.63) is 221 Å². The van der Waals surface area contributed by atoms with E-state index in [1.54, 1.807) is 73.0 Å². The van der Waals surface area contributed by atoms with Crippen LogP contribution in [-0.4, -0.2) is 55.5 Å². The Kier molecular flexibility index (Phi) is 16.7. The number of urea groups is 3. The summed E-state index contributed by atoms with van der Waals surface area (Å²) < 4.78 is 6.24. The van der Waals surface area contributed by atoms with Gasteiger partial charge in [0.2, 0.25) is 0 Å². The number of nitrogens with one attached hydrogen (secondary N) is 6. The summed E-state index contributed by atoms with van der Waals surface area (Å²) in [5.74, 6) is 1.29. The third kappa shape index (κ3) is 12.8. The first-order valence-electron chi connectivity index (χ1n) is 25.2. The van der Waals surface area contributed by atoms with Crippen molar-refractivity contribution in [2.45, 2.75) is 38.9 Å². The molecular formula is C61H52BrN9O7S3. The largest absolute Gasteiger partial charge is 0.508 e. The van der Waals surface area contributed by atoms with Crippen molar-refractivity contribution < 1.29 is 34.4 Å². The third-order valence-electron chi connectivity index (χ3n) is 13.2. The monoisotopic (exact) mass is 1200 g/mol. The molecule has 0 spiro atoms. The highest BCUT2D eigenvalue weighted by atomic mass is 79.9. The van der Waals surface area contributed by atoms with Crippen molar-refractivity contribution in [3.63, 3.8) is 0 Å². The van der Waals surface area contributed by atoms with Crippen LogP contribution in [0.3, 0.4) is 0 Å². The van der Waals surface area contributed by atoms with Crippen LogP contribution < -0.4 is 36.6 Å². The fourth-order valence-electron chi connectivity index (χ4n) is 9.37. The van der Waals surface area contributed by atoms with Crippen LogP contribution in [0.4, 0.5) is 14.4 Å². The summed E-state index contributed by atoms with van der Waals surface area (Å²) >= 11 is 8.01. The molecule has 3 aromatic heterocycles. The number of aromatic nitrogens is 3. The van der Waals surface area contributed by atoms with Crippen LogP contribution in [0, 0.1) is 0 Å². The molecule has 0 fully saturated rings. The van der Waals surface area contributed by atoms with E-state index in [1.165, 1.54) is 22.7 Å². The van der Waals surface area contributed by atoms with Crippen LogP contribution in [0.1, 0.15) is 70.6 Å². The summed E-state index contributed by atoms with van der Waals surface area (Å²) in [6.45, 7) is 5.61. The van der Waals surface area contributed by atoms with Crippen molar-refractivity contribution in [1.29, 1.82) is 0 Å². The lowest BCUT2D eigenvalue weighted by Crippen LogP contribution is -2.42. The van der Waals surface area contributed by atoms with Crippen LogP contribution in [0.15, 0.2) is 189 Å². The third-order valence-corrected chi connectivity index (χ3v) is 16.4. The Morgan fingerprint density at radius 1 is 0.444 bits per heavy atom. The van der Waals surface area contributed by atoms with E-state index in [1.807, 2.05) is 134 Å². The lowest BCUT2D eigenvalue weighted by atomic mass is 9.96. The molecule has 3 unspecified atom stereocenters. The van der Waals surface area contributed by atoms with E-state index >= 15 is 0 Å². The van der Waals surface area contributed by atoms with Gasteiger partial charge in [-0.05, 0) is 110 Å². The number of allylic oxidation sites excluding steroid dienone is 3. The average Bonchev–Trinajstić information content (AvgIpc) is 4.29. The number of aromatic hydroxyl groups is 3. The minimum Gasteiger partial charge on any atom is -0.508 e. The van der Waals surface area contributed by atoms with Gasteiger partial charge >= 0.3 is 18.1 Å². The lowest BCUT2D eigenvalue weighted by molar-refractivity contribution is 0.239. The second-order valence-corrected chi connectivity index (χ2v) is 22.2. The fraction of sp³-hybridized carbons (Fsp3) is 0.115. The summed E-state index contributed by atoms with van der Waals surface area (Å²) in [6, 6.07) is 44.6. The number of methoxy groups -OCH3 is 1. The first-order valence-corrected chi connectivity index (χ1v) is 28.7. The molecule has 9 aromatic rings. The predicted molar refractivity (Wildman–Crippen MR) is 322 cm³/mol. The summed E-state index contributed by atoms with van der Waals surface area (Å²) in [5, 5.41) is 55.2. The minimum atomic E-state index is -0.422. The molecule has 0 aliphatic carbocycles. The molecule has 20 heteroatoms. The summed E-state index contributed by atoms with van der Waals surface area (Å²) in [7, 11) is 1.65. The molecule has 3 atom stereocenters. The number of amides is 6. The standard InChI is InChI=1S/C21H19N3O2S.C20H16BrN3O2S.C20H17N3O3S/c1-13-18(19(24-21(25)22-13)15-6-4-3-5-7-15)20-23-17(12-27-20)14-8-10-16(26-2)11-9-14;1-11-17(18(24-20(26)22-11)13-3-2-4-15(25)9-13)19-23-16(10-27-19)12-5-7-14(21)8-6-12;1-11-17(18(23-20(26)21-11)13-5-3-7-15(25)9-13)19-22-16(10-27-19)12-4-2-6-14(24)8-12/h3-12,19H,1-2H3,(H2,22,24,25);2-10,18,25H,1H3,(H2,22,24,26);2-10,18,24-25H,1H3,(H2,21,23,26). The van der Waals surface area contributed by atoms with E-state index in [0.717, 1.165) is 104 Å². The van der Waals surface area contributed by atoms with Gasteiger partial charge in [-0.3, -0.25) is 0 Å². The maximum absolute atomic E-state index is 12.0. The molecule has 81 heavy (non-hydrogen) atoms. The first kappa shape index (κ1) is 55.2. The molecule has 408 valence electrons. The van der Waals surface area contributed by atoms with Gasteiger partial charge in [-0.25, -0.2) is 29.3 Å². The molecule has 6 aromatic carbocycles. The van der Waals surface area contributed by atoms with Crippen molar-refractivity contribution in [2.75, 3.05) is 7.11 Å². The second-order valence-electron chi connectivity index (χ2n) is 18.7. The molecule has 0 bridgehead atoms. The second kappa shape index (κ2) is 24.5. The SMILES string of the molecule is CC1=C(c2nc(-c3ccc(Br)cc3)cs2)C(c2cccc(O)c2)NC(=O)N1.CC1=C(c2nc(-c3cccc(O)c3)cs2)C(c2cccc(O)c2)NC(=O)N1.COc1ccc(-c2csc(C3=C(C)NC(=O)NC3c3ccccc3)n2)cc1. The minimum absolute atomic E-state index is 0.136. The maximum atomic E-state index is 12.0. The molecule has 3 aliphatic heterocycles. The van der Waals surface area contributed by atoms with Gasteiger partial charge in [0.05, 0.1) is 42.3 Å². The van der Waals surface area contributed by atoms with E-state index in [4.69, 9.17) is 19.7 Å². The highest BCUT2D eigenvalue weighted by Crippen LogP contribution is 2.41. The number of benzene rings is 6. The van der Waals surface area contributed by atoms with Crippen molar-refractivity contribution in [2.24, 2.45) is 0 Å². The summed E-state index contributed by atoms with van der Waals surface area (Å²) in [4.78, 5) is 50.4. The van der Waals surface area contributed by atoms with Crippen LogP contribution in [0.2, 0.25) is 0 Å². The number of hydrogen-bond donors (Lipinski definition) is 9. The van der Waals surface area contributed by atoms with E-state index in [2.05, 4.69) is 47.8 Å². The Hall–Kier alpha value is -9.08. The van der Waals surface area contributed by atoms with Gasteiger partial charge in [0.1, 0.15) is 38.0 Å². The predicted octanol–water partition coefficient (Wildman–Crippen LogP) is 13.7. The molecule has 6 amide bonds. The zero-order chi connectivity index (χ0) is 56.7. The number of rotatable bonds is 10. The zero-order valence-electron chi connectivity index (χ0n) is 43.8. The lowest BCUT2D eigenvalue weighted by Gasteiger charge is -2.28. The quantitative estimate of drug-likeness (QED) is 0.0629. The van der Waals surface area contributed by atoms with Crippen LogP contribution in [0.5, 0.6) is 23.0 Å². The number of phenolic OH excluding ortho intramolecular Hbond substituents is 3. The molecule has 0 radical (unpaired) electrons. The first-order chi connectivity index (χ1) is 39.2. The normalized spacial score (nSPS) is 16.8. The van der Waals surface area contributed by atoms with Gasteiger partial charge in [0.15, 0.2) is 0 Å². The number of halogens is 1. The number of ether oxygens (including phenoxy) is 1. The van der Waals surface area contributed by atoms with E-state index in [-0.39, 0.29) is 47.4 Å².